The second-order valence-electron chi connectivity index (χ2n) is 13.4. The average Bonchev–Trinajstić information content (AvgIpc) is 3.55. The number of pyridine rings is 1. The molecule has 0 unspecified atom stereocenters. The summed E-state index contributed by atoms with van der Waals surface area (Å²) in [6.45, 7) is 9.20. The van der Waals surface area contributed by atoms with Gasteiger partial charge in [-0.3, -0.25) is 14.4 Å². The molecule has 0 aromatic carbocycles. The highest BCUT2D eigenvalue weighted by Crippen LogP contribution is 2.35. The van der Waals surface area contributed by atoms with Gasteiger partial charge in [0.05, 0.1) is 11.7 Å². The fourth-order valence-corrected chi connectivity index (χ4v) is 6.06. The Morgan fingerprint density at radius 1 is 1.07 bits per heavy atom. The van der Waals surface area contributed by atoms with Gasteiger partial charge in [-0.05, 0) is 77.3 Å². The van der Waals surface area contributed by atoms with Crippen molar-refractivity contribution < 1.29 is 27.5 Å². The van der Waals surface area contributed by atoms with Gasteiger partial charge in [-0.2, -0.15) is 5.10 Å². The summed E-state index contributed by atoms with van der Waals surface area (Å²) in [6.07, 6.45) is 6.94. The Morgan fingerprint density at radius 3 is 2.46 bits per heavy atom. The summed E-state index contributed by atoms with van der Waals surface area (Å²) >= 11 is 0. The van der Waals surface area contributed by atoms with Crippen molar-refractivity contribution in [2.45, 2.75) is 83.4 Å². The maximum Gasteiger partial charge on any atom is 0.410 e. The quantitative estimate of drug-likeness (QED) is 0.290. The minimum absolute atomic E-state index is 0.0282. The fourth-order valence-electron chi connectivity index (χ4n) is 6.06. The fraction of sp³-hybridized carbons (Fsp3) is 0.594. The Balaban J connectivity index is 1.03. The molecule has 0 spiro atoms. The van der Waals surface area contributed by atoms with E-state index in [4.69, 9.17) is 9.15 Å². The highest BCUT2D eigenvalue weighted by Gasteiger charge is 2.33. The lowest BCUT2D eigenvalue weighted by Gasteiger charge is -2.42. The number of alkyl halides is 2. The summed E-state index contributed by atoms with van der Waals surface area (Å²) in [7, 11) is 0. The molecule has 2 aliphatic carbocycles. The standard InChI is InChI=1S/C32H42F2N8O4/c1-32(2,3)46-31(44)41-14-12-40(13-15-41)22-6-8-23(9-7-22)42-18-24(27(39-42)28(33)34)37-29(43)25-19-45-30(38-25)21-10-11-35-26(16-21)36-17-20-4-5-20/h10-11,16,18-20,22-23,28H,4-9,12-15,17H2,1-3H3,(H,35,36)(H,37,43). The molecule has 3 aliphatic rings. The lowest BCUT2D eigenvalue weighted by Crippen LogP contribution is -2.53. The molecule has 12 nitrogen and oxygen atoms in total. The second kappa shape index (κ2) is 13.3. The second-order valence-corrected chi connectivity index (χ2v) is 13.4. The highest BCUT2D eigenvalue weighted by molar-refractivity contribution is 6.03. The Labute approximate surface area is 266 Å². The maximum atomic E-state index is 14.0. The molecule has 2 amide bonds. The van der Waals surface area contributed by atoms with Crippen LogP contribution in [-0.4, -0.2) is 85.9 Å². The van der Waals surface area contributed by atoms with E-state index in [-0.39, 0.29) is 29.4 Å². The number of hydrogen-bond acceptors (Lipinski definition) is 9. The predicted octanol–water partition coefficient (Wildman–Crippen LogP) is 5.98. The molecule has 0 bridgehead atoms. The van der Waals surface area contributed by atoms with Gasteiger partial charge >= 0.3 is 6.09 Å². The van der Waals surface area contributed by atoms with E-state index in [0.29, 0.717) is 36.4 Å². The van der Waals surface area contributed by atoms with Crippen LogP contribution in [0.1, 0.15) is 87.9 Å². The summed E-state index contributed by atoms with van der Waals surface area (Å²) in [5.74, 6) is 0.944. The van der Waals surface area contributed by atoms with E-state index in [1.807, 2.05) is 20.8 Å². The van der Waals surface area contributed by atoms with E-state index >= 15 is 0 Å². The number of ether oxygens (including phenoxy) is 1. The zero-order valence-electron chi connectivity index (χ0n) is 26.5. The van der Waals surface area contributed by atoms with Gasteiger partial charge in [0.2, 0.25) is 5.89 Å². The number of rotatable bonds is 9. The number of hydrogen-bond donors (Lipinski definition) is 2. The zero-order chi connectivity index (χ0) is 32.4. The molecule has 46 heavy (non-hydrogen) atoms. The highest BCUT2D eigenvalue weighted by atomic mass is 19.3. The van der Waals surface area contributed by atoms with Crippen LogP contribution in [0.25, 0.3) is 11.5 Å². The van der Waals surface area contributed by atoms with Crippen LogP contribution in [-0.2, 0) is 4.74 Å². The largest absolute Gasteiger partial charge is 0.444 e. The summed E-state index contributed by atoms with van der Waals surface area (Å²) < 4.78 is 40.6. The molecule has 248 valence electrons. The molecule has 2 saturated carbocycles. The molecule has 6 rings (SSSR count). The van der Waals surface area contributed by atoms with Crippen molar-refractivity contribution in [3.05, 3.63) is 42.2 Å². The van der Waals surface area contributed by atoms with Crippen LogP contribution in [0.15, 0.2) is 35.2 Å². The van der Waals surface area contributed by atoms with E-state index in [0.717, 1.165) is 45.3 Å². The molecule has 14 heteroatoms. The first kappa shape index (κ1) is 31.9. The number of piperazine rings is 1. The number of carbonyl (C=O) groups excluding carboxylic acids is 2. The van der Waals surface area contributed by atoms with Crippen molar-refractivity contribution >= 4 is 23.5 Å². The molecular formula is C32H42F2N8O4. The van der Waals surface area contributed by atoms with Crippen molar-refractivity contribution in [2.24, 2.45) is 5.92 Å². The lowest BCUT2D eigenvalue weighted by molar-refractivity contribution is 0.00720. The Kier molecular flexibility index (Phi) is 9.25. The monoisotopic (exact) mass is 640 g/mol. The number of aromatic nitrogens is 4. The van der Waals surface area contributed by atoms with Crippen LogP contribution in [0.2, 0.25) is 0 Å². The lowest BCUT2D eigenvalue weighted by atomic mass is 9.90. The Morgan fingerprint density at radius 2 is 1.78 bits per heavy atom. The molecule has 3 aromatic heterocycles. The Bertz CT molecular complexity index is 1520. The first-order valence-electron chi connectivity index (χ1n) is 16.1. The van der Waals surface area contributed by atoms with Gasteiger partial charge in [0.1, 0.15) is 17.7 Å². The number of nitrogens with one attached hydrogen (secondary N) is 2. The first-order valence-corrected chi connectivity index (χ1v) is 16.1. The molecule has 0 radical (unpaired) electrons. The minimum Gasteiger partial charge on any atom is -0.444 e. The SMILES string of the molecule is CC(C)(C)OC(=O)N1CCN(C2CCC(n3cc(NC(=O)c4coc(-c5ccnc(NCC6CC6)c5)n4)c(C(F)F)n3)CC2)CC1. The molecular weight excluding hydrogens is 598 g/mol. The summed E-state index contributed by atoms with van der Waals surface area (Å²) in [6, 6.07) is 3.82. The van der Waals surface area contributed by atoms with Gasteiger partial charge in [-0.25, -0.2) is 23.5 Å². The van der Waals surface area contributed by atoms with Crippen molar-refractivity contribution in [1.82, 2.24) is 29.5 Å². The van der Waals surface area contributed by atoms with E-state index in [1.54, 1.807) is 27.9 Å². The molecule has 1 saturated heterocycles. The average molecular weight is 641 g/mol. The zero-order valence-corrected chi connectivity index (χ0v) is 26.5. The van der Waals surface area contributed by atoms with Crippen LogP contribution in [0, 0.1) is 5.92 Å². The van der Waals surface area contributed by atoms with Crippen LogP contribution in [0.4, 0.5) is 25.1 Å². The van der Waals surface area contributed by atoms with Crippen molar-refractivity contribution in [1.29, 1.82) is 0 Å². The maximum absolute atomic E-state index is 14.0. The van der Waals surface area contributed by atoms with Crippen molar-refractivity contribution in [3.63, 3.8) is 0 Å². The van der Waals surface area contributed by atoms with Crippen LogP contribution < -0.4 is 10.6 Å². The van der Waals surface area contributed by atoms with Gasteiger partial charge in [-0.1, -0.05) is 0 Å². The molecule has 1 aliphatic heterocycles. The van der Waals surface area contributed by atoms with Crippen molar-refractivity contribution in [2.75, 3.05) is 43.4 Å². The Hall–Kier alpha value is -4.07. The van der Waals surface area contributed by atoms with Crippen molar-refractivity contribution in [3.8, 4) is 11.5 Å². The van der Waals surface area contributed by atoms with E-state index in [9.17, 15) is 18.4 Å². The molecule has 3 fully saturated rings. The third-order valence-electron chi connectivity index (χ3n) is 8.75. The molecule has 0 atom stereocenters. The van der Waals surface area contributed by atoms with E-state index in [2.05, 4.69) is 30.6 Å². The topological polar surface area (TPSA) is 131 Å². The van der Waals surface area contributed by atoms with Crippen LogP contribution in [0.3, 0.4) is 0 Å². The number of oxazole rings is 1. The van der Waals surface area contributed by atoms with Crippen LogP contribution >= 0.6 is 0 Å². The summed E-state index contributed by atoms with van der Waals surface area (Å²) in [5, 5.41) is 10.1. The minimum atomic E-state index is -2.86. The van der Waals surface area contributed by atoms with Gasteiger partial charge in [0.25, 0.3) is 12.3 Å². The predicted molar refractivity (Wildman–Crippen MR) is 167 cm³/mol. The van der Waals surface area contributed by atoms with E-state index in [1.165, 1.54) is 25.3 Å². The molecule has 3 aromatic rings. The van der Waals surface area contributed by atoms with Gasteiger partial charge in [-0.15, -0.1) is 0 Å². The molecule has 4 heterocycles. The summed E-state index contributed by atoms with van der Waals surface area (Å²) in [4.78, 5) is 38.2. The number of halogens is 2. The van der Waals surface area contributed by atoms with Gasteiger partial charge in [0.15, 0.2) is 11.4 Å². The third kappa shape index (κ3) is 7.83. The van der Waals surface area contributed by atoms with Crippen LogP contribution in [0.5, 0.6) is 0 Å². The number of carbonyl (C=O) groups is 2. The van der Waals surface area contributed by atoms with E-state index < -0.39 is 23.6 Å². The van der Waals surface area contributed by atoms with Gasteiger partial charge in [0, 0.05) is 56.7 Å². The molecule has 2 N–H and O–H groups in total. The third-order valence-corrected chi connectivity index (χ3v) is 8.75. The smallest absolute Gasteiger partial charge is 0.410 e. The summed E-state index contributed by atoms with van der Waals surface area (Å²) in [5.41, 5.74) is -0.421. The first-order chi connectivity index (χ1) is 22.0. The normalized spacial score (nSPS) is 21.0. The number of nitrogens with zero attached hydrogens (tertiary/aromatic N) is 6. The van der Waals surface area contributed by atoms with Gasteiger partial charge < -0.3 is 24.7 Å². The number of anilines is 2. The number of amides is 2.